The normalized spacial score (nSPS) is 19.2. The Hall–Kier alpha value is -2.23. The van der Waals surface area contributed by atoms with Crippen molar-refractivity contribution in [2.45, 2.75) is 19.8 Å². The van der Waals surface area contributed by atoms with Gasteiger partial charge in [0.15, 0.2) is 0 Å². The van der Waals surface area contributed by atoms with Gasteiger partial charge in [0.05, 0.1) is 5.69 Å². The average Bonchev–Trinajstić information content (AvgIpc) is 3.41. The van der Waals surface area contributed by atoms with Gasteiger partial charge in [-0.1, -0.05) is 29.8 Å². The van der Waals surface area contributed by atoms with E-state index in [0.717, 1.165) is 29.7 Å². The first-order chi connectivity index (χ1) is 13.4. The molecule has 0 atom stereocenters. The van der Waals surface area contributed by atoms with E-state index in [1.54, 1.807) is 15.3 Å². The lowest BCUT2D eigenvalue weighted by Crippen LogP contribution is -2.53. The van der Waals surface area contributed by atoms with E-state index in [1.165, 1.54) is 4.31 Å². The van der Waals surface area contributed by atoms with E-state index in [2.05, 4.69) is 10.2 Å². The number of carbonyl (C=O) groups is 1. The Balaban J connectivity index is 1.40. The molecule has 8 nitrogen and oxygen atoms in total. The molecule has 4 rings (SSSR count). The molecular weight excluding hydrogens is 378 g/mol. The fourth-order valence-corrected chi connectivity index (χ4v) is 5.35. The van der Waals surface area contributed by atoms with Crippen LogP contribution in [0.2, 0.25) is 0 Å². The summed E-state index contributed by atoms with van der Waals surface area (Å²) in [5.74, 6) is -0.149. The number of aromatic nitrogens is 2. The van der Waals surface area contributed by atoms with Gasteiger partial charge in [-0.3, -0.25) is 9.89 Å². The minimum atomic E-state index is -3.40. The molecule has 0 aliphatic carbocycles. The fourth-order valence-electron chi connectivity index (χ4n) is 3.68. The zero-order chi connectivity index (χ0) is 19.7. The number of aryl methyl sites for hydroxylation is 1. The van der Waals surface area contributed by atoms with E-state index >= 15 is 0 Å². The summed E-state index contributed by atoms with van der Waals surface area (Å²) in [5.41, 5.74) is 3.25. The Morgan fingerprint density at radius 2 is 1.57 bits per heavy atom. The summed E-state index contributed by atoms with van der Waals surface area (Å²) < 4.78 is 28.3. The van der Waals surface area contributed by atoms with Crippen molar-refractivity contribution in [3.63, 3.8) is 0 Å². The summed E-state index contributed by atoms with van der Waals surface area (Å²) >= 11 is 0. The van der Waals surface area contributed by atoms with E-state index in [4.69, 9.17) is 0 Å². The number of nitrogens with one attached hydrogen (secondary N) is 1. The molecule has 1 aromatic heterocycles. The molecule has 0 bridgehead atoms. The summed E-state index contributed by atoms with van der Waals surface area (Å²) in [6.45, 7) is 4.62. The van der Waals surface area contributed by atoms with Gasteiger partial charge in [0, 0.05) is 44.8 Å². The molecule has 3 heterocycles. The van der Waals surface area contributed by atoms with Crippen LogP contribution in [0, 0.1) is 6.92 Å². The molecule has 0 unspecified atom stereocenters. The van der Waals surface area contributed by atoms with Gasteiger partial charge in [-0.2, -0.15) is 22.1 Å². The lowest BCUT2D eigenvalue weighted by Gasteiger charge is -2.35. The average molecular weight is 404 g/mol. The van der Waals surface area contributed by atoms with Gasteiger partial charge < -0.3 is 4.90 Å². The molecule has 2 saturated heterocycles. The maximum atomic E-state index is 12.8. The Bertz CT molecular complexity index is 940. The fraction of sp³-hybridized carbons (Fsp3) is 0.474. The molecule has 2 aromatic rings. The molecule has 9 heteroatoms. The summed E-state index contributed by atoms with van der Waals surface area (Å²) in [4.78, 5) is 14.5. The molecule has 2 fully saturated rings. The number of nitrogens with zero attached hydrogens (tertiary/aromatic N) is 4. The van der Waals surface area contributed by atoms with Crippen molar-refractivity contribution in [2.24, 2.45) is 0 Å². The predicted octanol–water partition coefficient (Wildman–Crippen LogP) is 1.48. The second kappa shape index (κ2) is 7.65. The van der Waals surface area contributed by atoms with Crippen molar-refractivity contribution in [3.05, 3.63) is 41.6 Å². The number of H-pyrrole nitrogens is 1. The number of piperazine rings is 1. The molecule has 0 spiro atoms. The SMILES string of the molecule is Cc1ccc(-c2cc(C(=O)N3CCN(S(=O)(=O)N4CCCC4)CC3)[nH]n2)cc1. The van der Waals surface area contributed by atoms with Crippen LogP contribution in [0.25, 0.3) is 11.3 Å². The number of carbonyl (C=O) groups excluding carboxylic acids is 1. The third-order valence-corrected chi connectivity index (χ3v) is 7.43. The molecule has 1 aromatic carbocycles. The number of hydrogen-bond donors (Lipinski definition) is 1. The molecule has 2 aliphatic rings. The molecular formula is C19H25N5O3S. The number of benzene rings is 1. The maximum Gasteiger partial charge on any atom is 0.282 e. The first-order valence-electron chi connectivity index (χ1n) is 9.62. The molecule has 2 aliphatic heterocycles. The number of rotatable bonds is 4. The standard InChI is InChI=1S/C19H25N5O3S/c1-15-4-6-16(7-5-15)17-14-18(21-20-17)19(25)22-10-12-24(13-11-22)28(26,27)23-8-2-3-9-23/h4-7,14H,2-3,8-13H2,1H3,(H,20,21). The van der Waals surface area contributed by atoms with Crippen LogP contribution in [0.5, 0.6) is 0 Å². The molecule has 1 amide bonds. The molecule has 150 valence electrons. The minimum absolute atomic E-state index is 0.149. The highest BCUT2D eigenvalue weighted by Gasteiger charge is 2.35. The third-order valence-electron chi connectivity index (χ3n) is 5.40. The largest absolute Gasteiger partial charge is 0.335 e. The van der Waals surface area contributed by atoms with Gasteiger partial charge in [-0.25, -0.2) is 0 Å². The Labute approximate surface area is 165 Å². The van der Waals surface area contributed by atoms with Gasteiger partial charge in [0.25, 0.3) is 16.1 Å². The van der Waals surface area contributed by atoms with Crippen LogP contribution in [0.4, 0.5) is 0 Å². The van der Waals surface area contributed by atoms with E-state index in [0.29, 0.717) is 45.0 Å². The first kappa shape index (κ1) is 19.1. The van der Waals surface area contributed by atoms with E-state index in [-0.39, 0.29) is 5.91 Å². The quantitative estimate of drug-likeness (QED) is 0.837. The summed E-state index contributed by atoms with van der Waals surface area (Å²) in [6.07, 6.45) is 1.83. The van der Waals surface area contributed by atoms with Crippen molar-refractivity contribution in [1.82, 2.24) is 23.7 Å². The second-order valence-electron chi connectivity index (χ2n) is 7.34. The monoisotopic (exact) mass is 403 g/mol. The van der Waals surface area contributed by atoms with Crippen molar-refractivity contribution in [2.75, 3.05) is 39.3 Å². The minimum Gasteiger partial charge on any atom is -0.335 e. The highest BCUT2D eigenvalue weighted by atomic mass is 32.2. The van der Waals surface area contributed by atoms with E-state index in [9.17, 15) is 13.2 Å². The topological polar surface area (TPSA) is 89.6 Å². The van der Waals surface area contributed by atoms with Crippen molar-refractivity contribution in [1.29, 1.82) is 0 Å². The van der Waals surface area contributed by atoms with Crippen LogP contribution >= 0.6 is 0 Å². The Morgan fingerprint density at radius 3 is 2.21 bits per heavy atom. The highest BCUT2D eigenvalue weighted by Crippen LogP contribution is 2.21. The van der Waals surface area contributed by atoms with Crippen molar-refractivity contribution in [3.8, 4) is 11.3 Å². The van der Waals surface area contributed by atoms with Gasteiger partial charge in [-0.15, -0.1) is 0 Å². The smallest absolute Gasteiger partial charge is 0.282 e. The maximum absolute atomic E-state index is 12.8. The lowest BCUT2D eigenvalue weighted by atomic mass is 10.1. The van der Waals surface area contributed by atoms with Gasteiger partial charge in [0.2, 0.25) is 0 Å². The lowest BCUT2D eigenvalue weighted by molar-refractivity contribution is 0.0688. The van der Waals surface area contributed by atoms with E-state index < -0.39 is 10.2 Å². The molecule has 28 heavy (non-hydrogen) atoms. The molecule has 1 N–H and O–H groups in total. The predicted molar refractivity (Wildman–Crippen MR) is 106 cm³/mol. The van der Waals surface area contributed by atoms with Gasteiger partial charge in [0.1, 0.15) is 5.69 Å². The van der Waals surface area contributed by atoms with Crippen LogP contribution in [-0.4, -0.2) is 77.3 Å². The molecule has 0 radical (unpaired) electrons. The molecule has 0 saturated carbocycles. The first-order valence-corrected chi connectivity index (χ1v) is 11.0. The Morgan fingerprint density at radius 1 is 0.964 bits per heavy atom. The second-order valence-corrected chi connectivity index (χ2v) is 9.27. The third kappa shape index (κ3) is 3.69. The summed E-state index contributed by atoms with van der Waals surface area (Å²) in [6, 6.07) is 9.71. The van der Waals surface area contributed by atoms with Gasteiger partial charge in [-0.05, 0) is 25.8 Å². The van der Waals surface area contributed by atoms with Crippen LogP contribution < -0.4 is 0 Å². The summed E-state index contributed by atoms with van der Waals surface area (Å²) in [7, 11) is -3.40. The summed E-state index contributed by atoms with van der Waals surface area (Å²) in [5, 5.41) is 7.07. The zero-order valence-electron chi connectivity index (χ0n) is 16.0. The van der Waals surface area contributed by atoms with Crippen molar-refractivity contribution < 1.29 is 13.2 Å². The number of amides is 1. The Kier molecular flexibility index (Phi) is 5.22. The number of hydrogen-bond acceptors (Lipinski definition) is 4. The van der Waals surface area contributed by atoms with Crippen LogP contribution in [0.15, 0.2) is 30.3 Å². The van der Waals surface area contributed by atoms with Crippen LogP contribution in [-0.2, 0) is 10.2 Å². The highest BCUT2D eigenvalue weighted by molar-refractivity contribution is 7.86. The van der Waals surface area contributed by atoms with Crippen LogP contribution in [0.1, 0.15) is 28.9 Å². The van der Waals surface area contributed by atoms with Crippen LogP contribution in [0.3, 0.4) is 0 Å². The van der Waals surface area contributed by atoms with Gasteiger partial charge >= 0.3 is 0 Å². The number of aromatic amines is 1. The van der Waals surface area contributed by atoms with Crippen molar-refractivity contribution >= 4 is 16.1 Å². The zero-order valence-corrected chi connectivity index (χ0v) is 16.8. The van der Waals surface area contributed by atoms with E-state index in [1.807, 2.05) is 31.2 Å².